The summed E-state index contributed by atoms with van der Waals surface area (Å²) in [7, 11) is 0. The molecular weight excluding hydrogens is 235 g/mol. The number of para-hydroxylation sites is 2. The first-order valence-electron chi connectivity index (χ1n) is 5.11. The Morgan fingerprint density at radius 3 is 2.47 bits per heavy atom. The summed E-state index contributed by atoms with van der Waals surface area (Å²) in [6.07, 6.45) is -3.89. The lowest BCUT2D eigenvalue weighted by molar-refractivity contribution is -0.174. The van der Waals surface area contributed by atoms with Crippen LogP contribution in [-0.2, 0) is 4.74 Å². The van der Waals surface area contributed by atoms with Gasteiger partial charge >= 0.3 is 6.18 Å². The fourth-order valence-corrected chi connectivity index (χ4v) is 1.14. The fraction of sp³-hybridized carbons (Fsp3) is 0.455. The fourth-order valence-electron chi connectivity index (χ4n) is 1.14. The molecule has 1 aromatic rings. The average molecular weight is 249 g/mol. The van der Waals surface area contributed by atoms with E-state index in [1.807, 2.05) is 0 Å². The highest BCUT2D eigenvalue weighted by atomic mass is 19.4. The molecule has 3 nitrogen and oxygen atoms in total. The van der Waals surface area contributed by atoms with Crippen LogP contribution < -0.4 is 10.5 Å². The summed E-state index contributed by atoms with van der Waals surface area (Å²) >= 11 is 0. The number of hydrogen-bond donors (Lipinski definition) is 1. The number of anilines is 1. The quantitative estimate of drug-likeness (QED) is 0.622. The van der Waals surface area contributed by atoms with Gasteiger partial charge in [-0.2, -0.15) is 13.2 Å². The predicted molar refractivity (Wildman–Crippen MR) is 57.8 cm³/mol. The van der Waals surface area contributed by atoms with Gasteiger partial charge in [0.05, 0.1) is 18.9 Å². The van der Waals surface area contributed by atoms with E-state index in [9.17, 15) is 13.2 Å². The summed E-state index contributed by atoms with van der Waals surface area (Å²) in [5.74, 6) is 0.531. The van der Waals surface area contributed by atoms with Crippen LogP contribution in [0.2, 0.25) is 0 Å². The molecule has 0 fully saturated rings. The van der Waals surface area contributed by atoms with Crippen LogP contribution in [0, 0.1) is 0 Å². The van der Waals surface area contributed by atoms with Gasteiger partial charge in [-0.15, -0.1) is 0 Å². The Labute approximate surface area is 97.3 Å². The molecular formula is C11H14F3NO2. The molecule has 0 saturated carbocycles. The van der Waals surface area contributed by atoms with Crippen molar-refractivity contribution in [3.8, 4) is 5.75 Å². The molecule has 1 rings (SSSR count). The molecule has 0 aromatic heterocycles. The third-order valence-corrected chi connectivity index (χ3v) is 1.88. The number of ether oxygens (including phenoxy) is 2. The molecule has 1 aromatic carbocycles. The van der Waals surface area contributed by atoms with E-state index in [1.165, 1.54) is 0 Å². The van der Waals surface area contributed by atoms with Gasteiger partial charge in [0.2, 0.25) is 0 Å². The zero-order valence-electron chi connectivity index (χ0n) is 9.17. The SMILES string of the molecule is Nc1ccccc1OCCCOCC(F)(F)F. The third kappa shape index (κ3) is 6.01. The van der Waals surface area contributed by atoms with Gasteiger partial charge in [-0.05, 0) is 12.1 Å². The van der Waals surface area contributed by atoms with Crippen molar-refractivity contribution in [2.24, 2.45) is 0 Å². The standard InChI is InChI=1S/C11H14F3NO2/c12-11(13,14)8-16-6-3-7-17-10-5-2-1-4-9(10)15/h1-2,4-5H,3,6-8,15H2. The monoisotopic (exact) mass is 249 g/mol. The van der Waals surface area contributed by atoms with Gasteiger partial charge in [-0.25, -0.2) is 0 Å². The molecule has 17 heavy (non-hydrogen) atoms. The largest absolute Gasteiger partial charge is 0.491 e. The molecule has 2 N–H and O–H groups in total. The van der Waals surface area contributed by atoms with Crippen molar-refractivity contribution in [1.29, 1.82) is 0 Å². The van der Waals surface area contributed by atoms with Gasteiger partial charge in [-0.1, -0.05) is 12.1 Å². The zero-order valence-corrected chi connectivity index (χ0v) is 9.17. The molecule has 96 valence electrons. The molecule has 0 spiro atoms. The summed E-state index contributed by atoms with van der Waals surface area (Å²) in [6.45, 7) is -0.946. The molecule has 6 heteroatoms. The van der Waals surface area contributed by atoms with Crippen molar-refractivity contribution in [3.05, 3.63) is 24.3 Å². The second kappa shape index (κ2) is 6.34. The van der Waals surface area contributed by atoms with Crippen molar-refractivity contribution in [1.82, 2.24) is 0 Å². The van der Waals surface area contributed by atoms with Gasteiger partial charge in [0.1, 0.15) is 12.4 Å². The van der Waals surface area contributed by atoms with Crippen molar-refractivity contribution >= 4 is 5.69 Å². The molecule has 0 heterocycles. The second-order valence-corrected chi connectivity index (χ2v) is 3.41. The van der Waals surface area contributed by atoms with Crippen LogP contribution >= 0.6 is 0 Å². The Hall–Kier alpha value is -1.43. The Morgan fingerprint density at radius 1 is 1.12 bits per heavy atom. The maximum Gasteiger partial charge on any atom is 0.411 e. The number of hydrogen-bond acceptors (Lipinski definition) is 3. The third-order valence-electron chi connectivity index (χ3n) is 1.88. The number of benzene rings is 1. The van der Waals surface area contributed by atoms with Crippen LogP contribution in [0.4, 0.5) is 18.9 Å². The first-order valence-corrected chi connectivity index (χ1v) is 5.11. The van der Waals surface area contributed by atoms with Crippen LogP contribution in [0.5, 0.6) is 5.75 Å². The highest BCUT2D eigenvalue weighted by Crippen LogP contribution is 2.19. The Morgan fingerprint density at radius 2 is 1.82 bits per heavy atom. The Kier molecular flexibility index (Phi) is 5.09. The van der Waals surface area contributed by atoms with Crippen LogP contribution in [0.25, 0.3) is 0 Å². The van der Waals surface area contributed by atoms with E-state index in [0.29, 0.717) is 17.9 Å². The predicted octanol–water partition coefficient (Wildman–Crippen LogP) is 2.62. The van der Waals surface area contributed by atoms with Gasteiger partial charge in [-0.3, -0.25) is 0 Å². The molecule has 0 radical (unpaired) electrons. The molecule has 0 aliphatic heterocycles. The van der Waals surface area contributed by atoms with E-state index in [-0.39, 0.29) is 13.2 Å². The molecule has 0 amide bonds. The van der Waals surface area contributed by atoms with Gasteiger partial charge in [0, 0.05) is 6.42 Å². The highest BCUT2D eigenvalue weighted by molar-refractivity contribution is 5.51. The normalized spacial score (nSPS) is 11.5. The molecule has 0 bridgehead atoms. The van der Waals surface area contributed by atoms with Crippen LogP contribution in [-0.4, -0.2) is 26.0 Å². The lowest BCUT2D eigenvalue weighted by Gasteiger charge is -2.09. The summed E-state index contributed by atoms with van der Waals surface area (Å²) in [4.78, 5) is 0. The van der Waals surface area contributed by atoms with Crippen molar-refractivity contribution in [3.63, 3.8) is 0 Å². The van der Waals surface area contributed by atoms with E-state index in [4.69, 9.17) is 10.5 Å². The summed E-state index contributed by atoms with van der Waals surface area (Å²) in [6, 6.07) is 6.93. The molecule has 0 unspecified atom stereocenters. The molecule has 0 aliphatic rings. The van der Waals surface area contributed by atoms with E-state index >= 15 is 0 Å². The van der Waals surface area contributed by atoms with E-state index < -0.39 is 12.8 Å². The van der Waals surface area contributed by atoms with Gasteiger partial charge < -0.3 is 15.2 Å². The first kappa shape index (κ1) is 13.6. The lowest BCUT2D eigenvalue weighted by atomic mass is 10.3. The number of rotatable bonds is 6. The molecule has 0 aliphatic carbocycles. The van der Waals surface area contributed by atoms with Crippen molar-refractivity contribution in [2.45, 2.75) is 12.6 Å². The van der Waals surface area contributed by atoms with Crippen LogP contribution in [0.3, 0.4) is 0 Å². The zero-order chi connectivity index (χ0) is 12.7. The van der Waals surface area contributed by atoms with Gasteiger partial charge in [0.25, 0.3) is 0 Å². The molecule has 0 saturated heterocycles. The smallest absolute Gasteiger partial charge is 0.411 e. The number of nitrogen functional groups attached to an aromatic ring is 1. The van der Waals surface area contributed by atoms with Crippen LogP contribution in [0.15, 0.2) is 24.3 Å². The summed E-state index contributed by atoms with van der Waals surface area (Å²) in [5.41, 5.74) is 6.12. The van der Waals surface area contributed by atoms with E-state index in [1.54, 1.807) is 24.3 Å². The topological polar surface area (TPSA) is 44.5 Å². The summed E-state index contributed by atoms with van der Waals surface area (Å²) < 4.78 is 44.8. The average Bonchev–Trinajstić information content (AvgIpc) is 2.24. The van der Waals surface area contributed by atoms with E-state index in [0.717, 1.165) is 0 Å². The minimum atomic E-state index is -4.27. The van der Waals surface area contributed by atoms with Gasteiger partial charge in [0.15, 0.2) is 0 Å². The van der Waals surface area contributed by atoms with Crippen molar-refractivity contribution in [2.75, 3.05) is 25.6 Å². The molecule has 0 atom stereocenters. The number of nitrogens with two attached hydrogens (primary N) is 1. The highest BCUT2D eigenvalue weighted by Gasteiger charge is 2.27. The first-order chi connectivity index (χ1) is 7.99. The Bertz CT molecular complexity index is 342. The maximum absolute atomic E-state index is 11.7. The number of halogens is 3. The van der Waals surface area contributed by atoms with Crippen molar-refractivity contribution < 1.29 is 22.6 Å². The number of alkyl halides is 3. The summed E-state index contributed by atoms with van der Waals surface area (Å²) in [5, 5.41) is 0. The minimum absolute atomic E-state index is 0.00620. The van der Waals surface area contributed by atoms with Crippen LogP contribution in [0.1, 0.15) is 6.42 Å². The lowest BCUT2D eigenvalue weighted by Crippen LogP contribution is -2.18. The minimum Gasteiger partial charge on any atom is -0.491 e. The Balaban J connectivity index is 2.11. The maximum atomic E-state index is 11.7. The second-order valence-electron chi connectivity index (χ2n) is 3.41. The van der Waals surface area contributed by atoms with E-state index in [2.05, 4.69) is 4.74 Å².